The predicted octanol–water partition coefficient (Wildman–Crippen LogP) is 0.894. The van der Waals surface area contributed by atoms with Gasteiger partial charge in [0.05, 0.1) is 6.61 Å². The van der Waals surface area contributed by atoms with Crippen LogP contribution in [0.4, 0.5) is 0 Å². The zero-order chi connectivity index (χ0) is 14.1. The van der Waals surface area contributed by atoms with Crippen molar-refractivity contribution in [2.45, 2.75) is 26.4 Å². The molecule has 0 spiro atoms. The first-order valence-corrected chi connectivity index (χ1v) is 6.05. The summed E-state index contributed by atoms with van der Waals surface area (Å²) >= 11 is 0. The minimum atomic E-state index is -0.338. The van der Waals surface area contributed by atoms with E-state index in [9.17, 15) is 9.59 Å². The van der Waals surface area contributed by atoms with E-state index in [4.69, 9.17) is 14.0 Å². The van der Waals surface area contributed by atoms with E-state index in [0.717, 1.165) is 0 Å². The number of ether oxygens (including phenoxy) is 2. The number of hydrogen-bond acceptors (Lipinski definition) is 6. The fraction of sp³-hybridized carbons (Fsp3) is 0.583. The van der Waals surface area contributed by atoms with E-state index in [0.29, 0.717) is 25.3 Å². The normalized spacial score (nSPS) is 10.2. The highest BCUT2D eigenvalue weighted by atomic mass is 16.5. The third-order valence-electron chi connectivity index (χ3n) is 2.23. The summed E-state index contributed by atoms with van der Waals surface area (Å²) in [5.41, 5.74) is 0.197. The third kappa shape index (κ3) is 5.52. The van der Waals surface area contributed by atoms with Gasteiger partial charge in [0.1, 0.15) is 6.61 Å². The SMILES string of the molecule is CCOC(=O)CCCNC(=O)c1cc(COC)on1. The first kappa shape index (κ1) is 15.2. The van der Waals surface area contributed by atoms with Crippen LogP contribution in [-0.4, -0.2) is 37.3 Å². The molecule has 0 aliphatic rings. The molecule has 1 heterocycles. The molecule has 1 N–H and O–H groups in total. The molecule has 0 aliphatic heterocycles. The standard InChI is InChI=1S/C12H18N2O5/c1-3-18-11(15)5-4-6-13-12(16)10-7-9(8-17-2)19-14-10/h7H,3-6,8H2,1-2H3,(H,13,16). The Hall–Kier alpha value is -1.89. The average Bonchev–Trinajstić information content (AvgIpc) is 2.84. The van der Waals surface area contributed by atoms with Crippen molar-refractivity contribution < 1.29 is 23.6 Å². The maximum atomic E-state index is 11.6. The number of aromatic nitrogens is 1. The second-order valence-corrected chi connectivity index (χ2v) is 3.78. The lowest BCUT2D eigenvalue weighted by Gasteiger charge is -2.02. The molecule has 1 aromatic heterocycles. The number of methoxy groups -OCH3 is 1. The number of hydrogen-bond donors (Lipinski definition) is 1. The summed E-state index contributed by atoms with van der Waals surface area (Å²) < 4.78 is 14.5. The van der Waals surface area contributed by atoms with E-state index in [1.807, 2.05) is 0 Å². The summed E-state index contributed by atoms with van der Waals surface area (Å²) in [4.78, 5) is 22.7. The van der Waals surface area contributed by atoms with Crippen molar-refractivity contribution in [3.05, 3.63) is 17.5 Å². The number of amides is 1. The molecule has 0 aromatic carbocycles. The van der Waals surface area contributed by atoms with Crippen LogP contribution < -0.4 is 5.32 Å². The largest absolute Gasteiger partial charge is 0.466 e. The minimum Gasteiger partial charge on any atom is -0.466 e. The quantitative estimate of drug-likeness (QED) is 0.557. The van der Waals surface area contributed by atoms with Crippen LogP contribution in [0.3, 0.4) is 0 Å². The number of nitrogens with one attached hydrogen (secondary N) is 1. The first-order chi connectivity index (χ1) is 9.17. The van der Waals surface area contributed by atoms with Gasteiger partial charge >= 0.3 is 5.97 Å². The molecule has 7 nitrogen and oxygen atoms in total. The summed E-state index contributed by atoms with van der Waals surface area (Å²) in [6.07, 6.45) is 0.801. The van der Waals surface area contributed by atoms with Gasteiger partial charge in [-0.1, -0.05) is 5.16 Å². The van der Waals surface area contributed by atoms with Crippen LogP contribution in [0.1, 0.15) is 36.0 Å². The number of esters is 1. The van der Waals surface area contributed by atoms with Gasteiger partial charge < -0.3 is 19.3 Å². The van der Waals surface area contributed by atoms with Crippen LogP contribution in [0.15, 0.2) is 10.6 Å². The summed E-state index contributed by atoms with van der Waals surface area (Å²) in [6, 6.07) is 1.52. The zero-order valence-corrected chi connectivity index (χ0v) is 11.1. The molecule has 0 fully saturated rings. The maximum absolute atomic E-state index is 11.6. The third-order valence-corrected chi connectivity index (χ3v) is 2.23. The molecule has 0 unspecified atom stereocenters. The second kappa shape index (κ2) is 8.25. The highest BCUT2D eigenvalue weighted by molar-refractivity contribution is 5.92. The number of carbonyl (C=O) groups is 2. The fourth-order valence-electron chi connectivity index (χ4n) is 1.39. The molecule has 0 saturated carbocycles. The molecular formula is C12H18N2O5. The lowest BCUT2D eigenvalue weighted by molar-refractivity contribution is -0.143. The monoisotopic (exact) mass is 270 g/mol. The van der Waals surface area contributed by atoms with Crippen LogP contribution in [0, 0.1) is 0 Å². The maximum Gasteiger partial charge on any atom is 0.305 e. The van der Waals surface area contributed by atoms with E-state index in [1.54, 1.807) is 6.92 Å². The molecule has 7 heteroatoms. The minimum absolute atomic E-state index is 0.197. The van der Waals surface area contributed by atoms with Gasteiger partial charge in [-0.15, -0.1) is 0 Å². The van der Waals surface area contributed by atoms with Crippen molar-refractivity contribution in [2.24, 2.45) is 0 Å². The summed E-state index contributed by atoms with van der Waals surface area (Å²) in [5.74, 6) is -0.116. The van der Waals surface area contributed by atoms with Crippen LogP contribution in [0.5, 0.6) is 0 Å². The van der Waals surface area contributed by atoms with Gasteiger partial charge in [0.15, 0.2) is 11.5 Å². The van der Waals surface area contributed by atoms with Crippen LogP contribution in [0.25, 0.3) is 0 Å². The Bertz CT molecular complexity index is 416. The van der Waals surface area contributed by atoms with E-state index >= 15 is 0 Å². The second-order valence-electron chi connectivity index (χ2n) is 3.78. The Morgan fingerprint density at radius 3 is 2.95 bits per heavy atom. The van der Waals surface area contributed by atoms with Gasteiger partial charge in [-0.2, -0.15) is 0 Å². The number of carbonyl (C=O) groups excluding carboxylic acids is 2. The Labute approximate surface area is 111 Å². The fourth-order valence-corrected chi connectivity index (χ4v) is 1.39. The Kier molecular flexibility index (Phi) is 6.59. The van der Waals surface area contributed by atoms with Gasteiger partial charge in [0, 0.05) is 26.1 Å². The molecule has 0 saturated heterocycles. The van der Waals surface area contributed by atoms with Crippen LogP contribution in [0.2, 0.25) is 0 Å². The first-order valence-electron chi connectivity index (χ1n) is 6.05. The van der Waals surface area contributed by atoms with Gasteiger partial charge in [0.25, 0.3) is 5.91 Å². The van der Waals surface area contributed by atoms with Crippen molar-refractivity contribution in [3.63, 3.8) is 0 Å². The van der Waals surface area contributed by atoms with Gasteiger partial charge in [-0.05, 0) is 13.3 Å². The molecular weight excluding hydrogens is 252 g/mol. The summed E-state index contributed by atoms with van der Waals surface area (Å²) in [5, 5.41) is 6.26. The highest BCUT2D eigenvalue weighted by Crippen LogP contribution is 2.04. The topological polar surface area (TPSA) is 90.7 Å². The van der Waals surface area contributed by atoms with Gasteiger partial charge in [0.2, 0.25) is 0 Å². The van der Waals surface area contributed by atoms with Crippen molar-refractivity contribution in [2.75, 3.05) is 20.3 Å². The van der Waals surface area contributed by atoms with Gasteiger partial charge in [-0.25, -0.2) is 0 Å². The molecule has 1 rings (SSSR count). The number of nitrogens with zero attached hydrogens (tertiary/aromatic N) is 1. The van der Waals surface area contributed by atoms with Crippen LogP contribution >= 0.6 is 0 Å². The van der Waals surface area contributed by atoms with E-state index in [-0.39, 0.29) is 30.6 Å². The Balaban J connectivity index is 2.25. The van der Waals surface area contributed by atoms with E-state index < -0.39 is 0 Å². The van der Waals surface area contributed by atoms with Crippen molar-refractivity contribution in [1.29, 1.82) is 0 Å². The predicted molar refractivity (Wildman–Crippen MR) is 65.4 cm³/mol. The van der Waals surface area contributed by atoms with Crippen molar-refractivity contribution >= 4 is 11.9 Å². The Morgan fingerprint density at radius 1 is 1.47 bits per heavy atom. The summed E-state index contributed by atoms with van der Waals surface area (Å²) in [7, 11) is 1.53. The number of rotatable bonds is 8. The molecule has 0 aliphatic carbocycles. The van der Waals surface area contributed by atoms with Crippen LogP contribution in [-0.2, 0) is 20.9 Å². The van der Waals surface area contributed by atoms with Crippen molar-refractivity contribution in [1.82, 2.24) is 10.5 Å². The van der Waals surface area contributed by atoms with Gasteiger partial charge in [-0.3, -0.25) is 9.59 Å². The lowest BCUT2D eigenvalue weighted by atomic mass is 10.3. The molecule has 19 heavy (non-hydrogen) atoms. The Morgan fingerprint density at radius 2 is 2.26 bits per heavy atom. The smallest absolute Gasteiger partial charge is 0.305 e. The highest BCUT2D eigenvalue weighted by Gasteiger charge is 2.12. The molecule has 1 amide bonds. The zero-order valence-electron chi connectivity index (χ0n) is 11.1. The molecule has 106 valence electrons. The lowest BCUT2D eigenvalue weighted by Crippen LogP contribution is -2.25. The molecule has 1 aromatic rings. The van der Waals surface area contributed by atoms with E-state index in [1.165, 1.54) is 13.2 Å². The molecule has 0 radical (unpaired) electrons. The van der Waals surface area contributed by atoms with E-state index in [2.05, 4.69) is 10.5 Å². The van der Waals surface area contributed by atoms with Crippen molar-refractivity contribution in [3.8, 4) is 0 Å². The summed E-state index contributed by atoms with van der Waals surface area (Å²) in [6.45, 7) is 2.77. The average molecular weight is 270 g/mol. The molecule has 0 bridgehead atoms. The molecule has 0 atom stereocenters.